The van der Waals surface area contributed by atoms with E-state index in [4.69, 9.17) is 9.47 Å². The highest BCUT2D eigenvalue weighted by molar-refractivity contribution is 9.10. The zero-order valence-electron chi connectivity index (χ0n) is 21.9. The highest BCUT2D eigenvalue weighted by atomic mass is 79.9. The minimum absolute atomic E-state index is 0.0125. The number of hydrogen-bond acceptors (Lipinski definition) is 4. The van der Waals surface area contributed by atoms with Crippen molar-refractivity contribution in [3.05, 3.63) is 94.0 Å². The first-order chi connectivity index (χ1) is 17.8. The third-order valence-corrected chi connectivity index (χ3v) is 7.14. The molecule has 196 valence electrons. The molecule has 2 amide bonds. The predicted molar refractivity (Wildman–Crippen MR) is 150 cm³/mol. The molecular formula is C30H35BrN2O4. The normalized spacial score (nSPS) is 12.4. The van der Waals surface area contributed by atoms with Crippen LogP contribution in [0.15, 0.2) is 77.3 Å². The van der Waals surface area contributed by atoms with Gasteiger partial charge < -0.3 is 19.7 Å². The summed E-state index contributed by atoms with van der Waals surface area (Å²) in [6.07, 6.45) is 1.18. The largest absolute Gasteiger partial charge is 0.497 e. The maximum absolute atomic E-state index is 13.7. The van der Waals surface area contributed by atoms with E-state index in [1.54, 1.807) is 12.0 Å². The Hall–Kier alpha value is -3.32. The lowest BCUT2D eigenvalue weighted by atomic mass is 10.0. The lowest BCUT2D eigenvalue weighted by molar-refractivity contribution is -0.143. The number of nitrogens with zero attached hydrogens (tertiary/aromatic N) is 1. The summed E-state index contributed by atoms with van der Waals surface area (Å²) in [6, 6.07) is 22.1. The van der Waals surface area contributed by atoms with Gasteiger partial charge >= 0.3 is 0 Å². The van der Waals surface area contributed by atoms with E-state index >= 15 is 0 Å². The van der Waals surface area contributed by atoms with Crippen LogP contribution in [0.2, 0.25) is 0 Å². The number of nitrogens with one attached hydrogen (secondary N) is 1. The van der Waals surface area contributed by atoms with Gasteiger partial charge in [-0.05, 0) is 67.3 Å². The predicted octanol–water partition coefficient (Wildman–Crippen LogP) is 5.70. The minimum atomic E-state index is -0.717. The molecular weight excluding hydrogens is 532 g/mol. The molecule has 0 saturated carbocycles. The van der Waals surface area contributed by atoms with Gasteiger partial charge in [0.15, 0.2) is 6.61 Å². The Morgan fingerprint density at radius 1 is 0.973 bits per heavy atom. The molecule has 37 heavy (non-hydrogen) atoms. The van der Waals surface area contributed by atoms with E-state index in [2.05, 4.69) is 21.2 Å². The molecule has 1 N–H and O–H groups in total. The fourth-order valence-electron chi connectivity index (χ4n) is 3.90. The Morgan fingerprint density at radius 2 is 1.70 bits per heavy atom. The van der Waals surface area contributed by atoms with Crippen molar-refractivity contribution in [3.63, 3.8) is 0 Å². The summed E-state index contributed by atoms with van der Waals surface area (Å²) < 4.78 is 12.2. The third-order valence-electron chi connectivity index (χ3n) is 6.25. The van der Waals surface area contributed by atoms with Gasteiger partial charge in [-0.25, -0.2) is 0 Å². The molecule has 3 rings (SSSR count). The van der Waals surface area contributed by atoms with Crippen molar-refractivity contribution >= 4 is 27.7 Å². The smallest absolute Gasteiger partial charge is 0.261 e. The summed E-state index contributed by atoms with van der Waals surface area (Å²) in [5, 5.41) is 3.08. The molecule has 0 unspecified atom stereocenters. The summed E-state index contributed by atoms with van der Waals surface area (Å²) in [5.41, 5.74) is 2.84. The van der Waals surface area contributed by atoms with E-state index in [9.17, 15) is 9.59 Å². The first-order valence-electron chi connectivity index (χ1n) is 12.5. The van der Waals surface area contributed by atoms with Crippen molar-refractivity contribution in [1.82, 2.24) is 10.2 Å². The van der Waals surface area contributed by atoms with Crippen LogP contribution < -0.4 is 14.8 Å². The highest BCUT2D eigenvalue weighted by Crippen LogP contribution is 2.23. The molecule has 0 fully saturated rings. The molecule has 0 aliphatic carbocycles. The molecule has 0 radical (unpaired) electrons. The van der Waals surface area contributed by atoms with Crippen LogP contribution in [-0.2, 0) is 22.6 Å². The van der Waals surface area contributed by atoms with Crippen LogP contribution in [0, 0.1) is 6.92 Å². The second-order valence-electron chi connectivity index (χ2n) is 9.10. The van der Waals surface area contributed by atoms with Crippen molar-refractivity contribution in [2.45, 2.75) is 52.2 Å². The van der Waals surface area contributed by atoms with Gasteiger partial charge in [0, 0.05) is 23.5 Å². The average Bonchev–Trinajstić information content (AvgIpc) is 2.91. The van der Waals surface area contributed by atoms with Gasteiger partial charge in [-0.2, -0.15) is 0 Å². The van der Waals surface area contributed by atoms with Crippen LogP contribution in [-0.4, -0.2) is 42.5 Å². The molecule has 0 aliphatic heterocycles. The number of halogens is 1. The lowest BCUT2D eigenvalue weighted by Crippen LogP contribution is -2.53. The third kappa shape index (κ3) is 8.35. The topological polar surface area (TPSA) is 67.9 Å². The fraction of sp³-hybridized carbons (Fsp3) is 0.333. The van der Waals surface area contributed by atoms with Gasteiger partial charge in [-0.1, -0.05) is 65.3 Å². The van der Waals surface area contributed by atoms with Gasteiger partial charge in [0.2, 0.25) is 5.91 Å². The van der Waals surface area contributed by atoms with Crippen molar-refractivity contribution in [2.24, 2.45) is 0 Å². The van der Waals surface area contributed by atoms with Crippen LogP contribution in [0.4, 0.5) is 0 Å². The van der Waals surface area contributed by atoms with Gasteiger partial charge in [-0.3, -0.25) is 9.59 Å². The highest BCUT2D eigenvalue weighted by Gasteiger charge is 2.31. The summed E-state index contributed by atoms with van der Waals surface area (Å²) in [4.78, 5) is 28.9. The number of hydrogen-bond donors (Lipinski definition) is 1. The van der Waals surface area contributed by atoms with E-state index in [1.807, 2.05) is 93.6 Å². The van der Waals surface area contributed by atoms with Crippen LogP contribution in [0.3, 0.4) is 0 Å². The molecule has 3 aromatic rings. The molecule has 3 aromatic carbocycles. The van der Waals surface area contributed by atoms with Gasteiger partial charge in [0.25, 0.3) is 5.91 Å². The molecule has 0 saturated heterocycles. The Labute approximate surface area is 228 Å². The van der Waals surface area contributed by atoms with Crippen molar-refractivity contribution in [3.8, 4) is 11.5 Å². The minimum Gasteiger partial charge on any atom is -0.497 e. The lowest BCUT2D eigenvalue weighted by Gasteiger charge is -2.32. The molecule has 0 heterocycles. The number of ether oxygens (including phenoxy) is 2. The second-order valence-corrected chi connectivity index (χ2v) is 9.95. The summed E-state index contributed by atoms with van der Waals surface area (Å²) >= 11 is 3.49. The number of benzene rings is 3. The van der Waals surface area contributed by atoms with Gasteiger partial charge in [0.05, 0.1) is 7.11 Å². The Bertz CT molecular complexity index is 1190. The number of carbonyl (C=O) groups is 2. The van der Waals surface area contributed by atoms with Crippen molar-refractivity contribution < 1.29 is 19.1 Å². The maximum atomic E-state index is 13.7. The molecule has 7 heteroatoms. The SMILES string of the molecule is CC[C@@H](C)NC(=O)[C@@H](Cc1ccccc1)N(Cc1cccc(OC)c1)C(=O)COc1ccc(Br)c(C)c1. The van der Waals surface area contributed by atoms with Crippen LogP contribution >= 0.6 is 15.9 Å². The zero-order valence-corrected chi connectivity index (χ0v) is 23.5. The Morgan fingerprint density at radius 3 is 2.38 bits per heavy atom. The monoisotopic (exact) mass is 566 g/mol. The first kappa shape index (κ1) is 28.3. The van der Waals surface area contributed by atoms with E-state index in [1.165, 1.54) is 0 Å². The van der Waals surface area contributed by atoms with E-state index in [0.29, 0.717) is 17.9 Å². The number of carbonyl (C=O) groups excluding carboxylic acids is 2. The summed E-state index contributed by atoms with van der Waals surface area (Å²) in [5.74, 6) is 0.826. The molecule has 0 aliphatic rings. The summed E-state index contributed by atoms with van der Waals surface area (Å²) in [6.45, 7) is 6.00. The molecule has 0 bridgehead atoms. The van der Waals surface area contributed by atoms with E-state index in [-0.39, 0.29) is 31.0 Å². The standard InChI is InChI=1S/C30H35BrN2O4/c1-5-22(3)32-30(35)28(18-23-10-7-6-8-11-23)33(19-24-12-9-13-25(17-24)36-4)29(34)20-37-26-14-15-27(31)21(2)16-26/h6-17,22,28H,5,18-20H2,1-4H3,(H,32,35)/t22-,28-/m1/s1. The van der Waals surface area contributed by atoms with E-state index in [0.717, 1.165) is 27.6 Å². The van der Waals surface area contributed by atoms with Crippen LogP contribution in [0.25, 0.3) is 0 Å². The summed E-state index contributed by atoms with van der Waals surface area (Å²) in [7, 11) is 1.61. The molecule has 2 atom stereocenters. The Balaban J connectivity index is 1.93. The van der Waals surface area contributed by atoms with Crippen LogP contribution in [0.5, 0.6) is 11.5 Å². The second kappa shape index (κ2) is 13.8. The van der Waals surface area contributed by atoms with Gasteiger partial charge in [-0.15, -0.1) is 0 Å². The first-order valence-corrected chi connectivity index (χ1v) is 13.3. The molecule has 6 nitrogen and oxygen atoms in total. The number of methoxy groups -OCH3 is 1. The van der Waals surface area contributed by atoms with Crippen molar-refractivity contribution in [2.75, 3.05) is 13.7 Å². The van der Waals surface area contributed by atoms with Crippen molar-refractivity contribution in [1.29, 1.82) is 0 Å². The zero-order chi connectivity index (χ0) is 26.8. The fourth-order valence-corrected chi connectivity index (χ4v) is 4.14. The number of amides is 2. The van der Waals surface area contributed by atoms with E-state index < -0.39 is 6.04 Å². The number of aryl methyl sites for hydroxylation is 1. The van der Waals surface area contributed by atoms with Crippen LogP contribution in [0.1, 0.15) is 37.0 Å². The molecule has 0 aromatic heterocycles. The van der Waals surface area contributed by atoms with Gasteiger partial charge in [0.1, 0.15) is 17.5 Å². The Kier molecular flexibility index (Phi) is 10.6. The molecule has 0 spiro atoms. The number of rotatable bonds is 12. The average molecular weight is 568 g/mol. The maximum Gasteiger partial charge on any atom is 0.261 e. The quantitative estimate of drug-likeness (QED) is 0.305.